The molecule has 1 aromatic rings. The van der Waals surface area contributed by atoms with Crippen molar-refractivity contribution in [1.82, 2.24) is 10.2 Å². The van der Waals surface area contributed by atoms with Gasteiger partial charge < -0.3 is 10.2 Å². The van der Waals surface area contributed by atoms with Crippen LogP contribution in [0.4, 0.5) is 0 Å². The second-order valence-corrected chi connectivity index (χ2v) is 6.34. The van der Waals surface area contributed by atoms with Gasteiger partial charge in [-0.25, -0.2) is 0 Å². The zero-order valence-corrected chi connectivity index (χ0v) is 13.9. The van der Waals surface area contributed by atoms with E-state index in [1.807, 2.05) is 0 Å². The number of nitrogens with one attached hydrogen (secondary N) is 1. The van der Waals surface area contributed by atoms with E-state index in [0.717, 1.165) is 25.4 Å². The second-order valence-electron chi connectivity index (χ2n) is 6.34. The van der Waals surface area contributed by atoms with E-state index in [2.05, 4.69) is 69.2 Å². The first-order chi connectivity index (χ1) is 9.52. The van der Waals surface area contributed by atoms with Gasteiger partial charge in [0.05, 0.1) is 0 Å². The highest BCUT2D eigenvalue weighted by molar-refractivity contribution is 5.27. The molecule has 1 atom stereocenters. The van der Waals surface area contributed by atoms with Gasteiger partial charge in [0, 0.05) is 19.1 Å². The van der Waals surface area contributed by atoms with E-state index < -0.39 is 0 Å². The highest BCUT2D eigenvalue weighted by atomic mass is 15.1. The first-order valence-corrected chi connectivity index (χ1v) is 8.01. The molecule has 0 radical (unpaired) electrons. The largest absolute Gasteiger partial charge is 0.314 e. The minimum absolute atomic E-state index is 0.565. The smallest absolute Gasteiger partial charge is 0.0233 e. The molecule has 0 heterocycles. The maximum absolute atomic E-state index is 3.50. The molecule has 0 bridgehead atoms. The molecular weight excluding hydrogens is 244 g/mol. The van der Waals surface area contributed by atoms with Gasteiger partial charge in [0.15, 0.2) is 0 Å². The molecule has 0 aliphatic heterocycles. The van der Waals surface area contributed by atoms with Crippen LogP contribution >= 0.6 is 0 Å². The molecule has 0 amide bonds. The molecule has 0 saturated heterocycles. The predicted molar refractivity (Wildman–Crippen MR) is 89.1 cm³/mol. The summed E-state index contributed by atoms with van der Waals surface area (Å²) in [6.07, 6.45) is 2.37. The van der Waals surface area contributed by atoms with Crippen molar-refractivity contribution in [3.8, 4) is 0 Å². The van der Waals surface area contributed by atoms with Crippen molar-refractivity contribution >= 4 is 0 Å². The van der Waals surface area contributed by atoms with Gasteiger partial charge in [-0.3, -0.25) is 0 Å². The van der Waals surface area contributed by atoms with Gasteiger partial charge >= 0.3 is 0 Å². The van der Waals surface area contributed by atoms with Gasteiger partial charge in [0.2, 0.25) is 0 Å². The van der Waals surface area contributed by atoms with Crippen LogP contribution in [-0.2, 0) is 13.0 Å². The summed E-state index contributed by atoms with van der Waals surface area (Å²) >= 11 is 0. The summed E-state index contributed by atoms with van der Waals surface area (Å²) in [5.74, 6) is 0.773. The maximum atomic E-state index is 3.50. The first-order valence-electron chi connectivity index (χ1n) is 8.01. The molecule has 20 heavy (non-hydrogen) atoms. The topological polar surface area (TPSA) is 15.3 Å². The van der Waals surface area contributed by atoms with Crippen LogP contribution in [-0.4, -0.2) is 31.1 Å². The van der Waals surface area contributed by atoms with Crippen LogP contribution in [0.1, 0.15) is 45.2 Å². The standard InChI is InChI=1S/C18H32N2/c1-6-16(4)13-20(5)14-18-10-8-7-9-17(18)11-12-19-15(2)3/h7-10,15-16,19H,6,11-14H2,1-5H3. The molecule has 0 fully saturated rings. The molecular formula is C18H32N2. The zero-order valence-electron chi connectivity index (χ0n) is 13.9. The Kier molecular flexibility index (Phi) is 7.86. The molecule has 2 heteroatoms. The third kappa shape index (κ3) is 6.53. The van der Waals surface area contributed by atoms with E-state index in [-0.39, 0.29) is 0 Å². The maximum Gasteiger partial charge on any atom is 0.0233 e. The average Bonchev–Trinajstić information content (AvgIpc) is 2.40. The van der Waals surface area contributed by atoms with Gasteiger partial charge in [-0.2, -0.15) is 0 Å². The highest BCUT2D eigenvalue weighted by Gasteiger charge is 2.08. The molecule has 2 nitrogen and oxygen atoms in total. The van der Waals surface area contributed by atoms with Crippen molar-refractivity contribution in [3.05, 3.63) is 35.4 Å². The van der Waals surface area contributed by atoms with Gasteiger partial charge in [-0.15, -0.1) is 0 Å². The van der Waals surface area contributed by atoms with Crippen molar-refractivity contribution in [2.24, 2.45) is 5.92 Å². The Balaban J connectivity index is 2.56. The number of hydrogen-bond acceptors (Lipinski definition) is 2. The number of benzene rings is 1. The fourth-order valence-electron chi connectivity index (χ4n) is 2.47. The van der Waals surface area contributed by atoms with Crippen LogP contribution < -0.4 is 5.32 Å². The zero-order chi connectivity index (χ0) is 15.0. The summed E-state index contributed by atoms with van der Waals surface area (Å²) in [6, 6.07) is 9.43. The number of rotatable bonds is 9. The fraction of sp³-hybridized carbons (Fsp3) is 0.667. The molecule has 0 aliphatic carbocycles. The number of nitrogens with zero attached hydrogens (tertiary/aromatic N) is 1. The minimum atomic E-state index is 0.565. The van der Waals surface area contributed by atoms with Gasteiger partial charge in [-0.05, 0) is 37.1 Å². The molecule has 0 aromatic heterocycles. The Morgan fingerprint density at radius 2 is 1.75 bits per heavy atom. The predicted octanol–water partition coefficient (Wildman–Crippen LogP) is 3.71. The summed E-state index contributed by atoms with van der Waals surface area (Å²) in [7, 11) is 2.23. The molecule has 0 saturated carbocycles. The van der Waals surface area contributed by atoms with E-state index in [0.29, 0.717) is 6.04 Å². The quantitative estimate of drug-likeness (QED) is 0.740. The lowest BCUT2D eigenvalue weighted by molar-refractivity contribution is 0.274. The van der Waals surface area contributed by atoms with Crippen LogP contribution in [0, 0.1) is 5.92 Å². The van der Waals surface area contributed by atoms with E-state index in [4.69, 9.17) is 0 Å². The van der Waals surface area contributed by atoms with Gasteiger partial charge in [0.25, 0.3) is 0 Å². The van der Waals surface area contributed by atoms with E-state index in [1.54, 1.807) is 0 Å². The van der Waals surface area contributed by atoms with Crippen molar-refractivity contribution in [1.29, 1.82) is 0 Å². The van der Waals surface area contributed by atoms with Crippen LogP contribution in [0.5, 0.6) is 0 Å². The fourth-order valence-corrected chi connectivity index (χ4v) is 2.47. The Bertz CT molecular complexity index is 373. The van der Waals surface area contributed by atoms with E-state index in [9.17, 15) is 0 Å². The molecule has 1 rings (SSSR count). The molecule has 0 spiro atoms. The van der Waals surface area contributed by atoms with Crippen LogP contribution in [0.15, 0.2) is 24.3 Å². The third-order valence-corrected chi connectivity index (χ3v) is 3.83. The van der Waals surface area contributed by atoms with Crippen LogP contribution in [0.25, 0.3) is 0 Å². The second kappa shape index (κ2) is 9.15. The van der Waals surface area contributed by atoms with Crippen LogP contribution in [0.3, 0.4) is 0 Å². The number of hydrogen-bond donors (Lipinski definition) is 1. The Morgan fingerprint density at radius 3 is 2.35 bits per heavy atom. The first kappa shape index (κ1) is 17.2. The highest BCUT2D eigenvalue weighted by Crippen LogP contribution is 2.13. The molecule has 1 unspecified atom stereocenters. The lowest BCUT2D eigenvalue weighted by Crippen LogP contribution is -2.26. The van der Waals surface area contributed by atoms with Gasteiger partial charge in [-0.1, -0.05) is 58.4 Å². The Morgan fingerprint density at radius 1 is 1.10 bits per heavy atom. The lowest BCUT2D eigenvalue weighted by Gasteiger charge is -2.22. The van der Waals surface area contributed by atoms with E-state index >= 15 is 0 Å². The van der Waals surface area contributed by atoms with E-state index in [1.165, 1.54) is 24.1 Å². The Hall–Kier alpha value is -0.860. The summed E-state index contributed by atoms with van der Waals surface area (Å²) in [5, 5.41) is 3.50. The lowest BCUT2D eigenvalue weighted by atomic mass is 10.0. The summed E-state index contributed by atoms with van der Waals surface area (Å²) in [6.45, 7) is 12.3. The van der Waals surface area contributed by atoms with Crippen LogP contribution in [0.2, 0.25) is 0 Å². The average molecular weight is 276 g/mol. The van der Waals surface area contributed by atoms with Gasteiger partial charge in [0.1, 0.15) is 0 Å². The molecule has 114 valence electrons. The summed E-state index contributed by atoms with van der Waals surface area (Å²) in [4.78, 5) is 2.45. The van der Waals surface area contributed by atoms with Crippen molar-refractivity contribution in [2.45, 2.75) is 53.1 Å². The molecule has 0 aliphatic rings. The summed E-state index contributed by atoms with van der Waals surface area (Å²) < 4.78 is 0. The summed E-state index contributed by atoms with van der Waals surface area (Å²) in [5.41, 5.74) is 2.96. The van der Waals surface area contributed by atoms with Crippen molar-refractivity contribution in [2.75, 3.05) is 20.1 Å². The van der Waals surface area contributed by atoms with Crippen molar-refractivity contribution in [3.63, 3.8) is 0 Å². The third-order valence-electron chi connectivity index (χ3n) is 3.83. The van der Waals surface area contributed by atoms with Crippen molar-refractivity contribution < 1.29 is 0 Å². The SMILES string of the molecule is CCC(C)CN(C)Cc1ccccc1CCNC(C)C. The molecule has 1 N–H and O–H groups in total. The normalized spacial score (nSPS) is 13.2. The monoisotopic (exact) mass is 276 g/mol. The Labute approximate surface area is 125 Å². The minimum Gasteiger partial charge on any atom is -0.314 e. The molecule has 1 aromatic carbocycles.